The number of benzene rings is 1. The molecule has 0 spiro atoms. The Morgan fingerprint density at radius 3 is 2.67 bits per heavy atom. The molecule has 4 rings (SSSR count). The van der Waals surface area contributed by atoms with E-state index in [1.807, 2.05) is 31.2 Å². The van der Waals surface area contributed by atoms with Gasteiger partial charge in [0.05, 0.1) is 18.6 Å². The van der Waals surface area contributed by atoms with Gasteiger partial charge in [-0.2, -0.15) is 4.31 Å². The van der Waals surface area contributed by atoms with Crippen LogP contribution < -0.4 is 4.90 Å². The second-order valence-electron chi connectivity index (χ2n) is 8.63. The number of fused-ring (bicyclic) bond motifs is 1. The summed E-state index contributed by atoms with van der Waals surface area (Å²) in [5.74, 6) is 0.712. The van der Waals surface area contributed by atoms with E-state index in [0.29, 0.717) is 19.0 Å². The first-order valence-corrected chi connectivity index (χ1v) is 12.5. The van der Waals surface area contributed by atoms with Crippen LogP contribution in [-0.4, -0.2) is 41.3 Å². The highest BCUT2D eigenvalue weighted by Gasteiger charge is 2.34. The lowest BCUT2D eigenvalue weighted by atomic mass is 9.97. The van der Waals surface area contributed by atoms with Crippen LogP contribution in [0.25, 0.3) is 0 Å². The summed E-state index contributed by atoms with van der Waals surface area (Å²) in [6, 6.07) is 6.51. The number of aromatic nitrogens is 2. The molecule has 8 heteroatoms. The van der Waals surface area contributed by atoms with E-state index >= 15 is 0 Å². The SMILES string of the molecule is Cc1[nH]cnc1CN1c2ccccc2CN(S(=O)(=O)CF)C[C@@H]1CCC1CCCC1. The average Bonchev–Trinajstić information content (AvgIpc) is 3.37. The van der Waals surface area contributed by atoms with E-state index in [1.165, 1.54) is 30.0 Å². The Bertz CT molecular complexity index is 956. The normalized spacial score (nSPS) is 21.0. The van der Waals surface area contributed by atoms with E-state index < -0.39 is 16.0 Å². The van der Waals surface area contributed by atoms with Gasteiger partial charge in [0.25, 0.3) is 0 Å². The van der Waals surface area contributed by atoms with Crippen LogP contribution in [0.4, 0.5) is 10.1 Å². The molecular weight excluding hydrogens is 403 g/mol. The van der Waals surface area contributed by atoms with E-state index in [-0.39, 0.29) is 12.6 Å². The standard InChI is InChI=1S/C22H31FN4O2S/c1-17-21(25-16-24-17)14-27-20(11-10-18-6-2-3-7-18)13-26(30(28,29)15-23)12-19-8-4-5-9-22(19)27/h4-5,8-9,16,18,20H,2-3,6-7,10-15H2,1H3,(H,24,25)/t20-/m0/s1. The van der Waals surface area contributed by atoms with Crippen LogP contribution in [0.15, 0.2) is 30.6 Å². The Balaban J connectivity index is 1.69. The van der Waals surface area contributed by atoms with Gasteiger partial charge in [-0.05, 0) is 37.3 Å². The summed E-state index contributed by atoms with van der Waals surface area (Å²) in [6.45, 7) is 3.11. The van der Waals surface area contributed by atoms with Gasteiger partial charge in [-0.15, -0.1) is 0 Å². The smallest absolute Gasteiger partial charge is 0.243 e. The number of anilines is 1. The summed E-state index contributed by atoms with van der Waals surface area (Å²) >= 11 is 0. The topological polar surface area (TPSA) is 69.3 Å². The third kappa shape index (κ3) is 4.54. The zero-order valence-corrected chi connectivity index (χ0v) is 18.4. The van der Waals surface area contributed by atoms with Gasteiger partial charge in [0.15, 0.2) is 0 Å². The minimum absolute atomic E-state index is 0.0216. The number of rotatable bonds is 7. The van der Waals surface area contributed by atoms with Crippen LogP contribution in [0, 0.1) is 12.8 Å². The van der Waals surface area contributed by atoms with Gasteiger partial charge in [0.2, 0.25) is 16.0 Å². The molecule has 1 aliphatic carbocycles. The Morgan fingerprint density at radius 2 is 1.97 bits per heavy atom. The van der Waals surface area contributed by atoms with Crippen LogP contribution in [0.2, 0.25) is 0 Å². The monoisotopic (exact) mass is 434 g/mol. The first-order valence-electron chi connectivity index (χ1n) is 10.8. The Kier molecular flexibility index (Phi) is 6.43. The molecule has 0 bridgehead atoms. The molecule has 0 amide bonds. The number of H-pyrrole nitrogens is 1. The molecule has 1 aliphatic heterocycles. The third-order valence-electron chi connectivity index (χ3n) is 6.67. The predicted molar refractivity (Wildman–Crippen MR) is 116 cm³/mol. The maximum Gasteiger partial charge on any atom is 0.243 e. The second-order valence-corrected chi connectivity index (χ2v) is 10.5. The number of aromatic amines is 1. The largest absolute Gasteiger partial charge is 0.361 e. The predicted octanol–water partition coefficient (Wildman–Crippen LogP) is 4.14. The van der Waals surface area contributed by atoms with Crippen LogP contribution in [0.1, 0.15) is 55.5 Å². The molecule has 2 aromatic rings. The van der Waals surface area contributed by atoms with Gasteiger partial charge >= 0.3 is 0 Å². The van der Waals surface area contributed by atoms with Crippen molar-refractivity contribution in [2.75, 3.05) is 17.5 Å². The third-order valence-corrected chi connectivity index (χ3v) is 8.01. The molecule has 1 aromatic carbocycles. The van der Waals surface area contributed by atoms with Crippen molar-refractivity contribution in [1.29, 1.82) is 0 Å². The summed E-state index contributed by atoms with van der Waals surface area (Å²) in [7, 11) is -3.93. The molecule has 1 N–H and O–H groups in total. The van der Waals surface area contributed by atoms with E-state index in [2.05, 4.69) is 14.9 Å². The number of hydrogen-bond acceptors (Lipinski definition) is 4. The van der Waals surface area contributed by atoms with Crippen molar-refractivity contribution in [2.45, 2.75) is 64.6 Å². The number of imidazole rings is 1. The number of alkyl halides is 1. The highest BCUT2D eigenvalue weighted by molar-refractivity contribution is 7.88. The van der Waals surface area contributed by atoms with Crippen molar-refractivity contribution in [1.82, 2.24) is 14.3 Å². The fraction of sp³-hybridized carbons (Fsp3) is 0.591. The number of aryl methyl sites for hydroxylation is 1. The lowest BCUT2D eigenvalue weighted by molar-refractivity contribution is 0.344. The molecular formula is C22H31FN4O2S. The highest BCUT2D eigenvalue weighted by atomic mass is 32.2. The van der Waals surface area contributed by atoms with Crippen molar-refractivity contribution < 1.29 is 12.8 Å². The number of sulfonamides is 1. The summed E-state index contributed by atoms with van der Waals surface area (Å²) in [5.41, 5.74) is 3.90. The number of halogens is 1. The zero-order chi connectivity index (χ0) is 21.1. The first-order chi connectivity index (χ1) is 14.5. The number of para-hydroxylation sites is 1. The molecule has 0 radical (unpaired) electrons. The molecule has 0 unspecified atom stereocenters. The maximum absolute atomic E-state index is 13.4. The fourth-order valence-electron chi connectivity index (χ4n) is 4.89. The van der Waals surface area contributed by atoms with Crippen LogP contribution >= 0.6 is 0 Å². The molecule has 1 fully saturated rings. The molecule has 164 valence electrons. The molecule has 1 saturated carbocycles. The van der Waals surface area contributed by atoms with Crippen molar-refractivity contribution >= 4 is 15.7 Å². The highest BCUT2D eigenvalue weighted by Crippen LogP contribution is 2.35. The fourth-order valence-corrected chi connectivity index (χ4v) is 5.76. The van der Waals surface area contributed by atoms with Crippen molar-refractivity contribution in [3.8, 4) is 0 Å². The Labute approximate surface area is 178 Å². The number of nitrogens with zero attached hydrogens (tertiary/aromatic N) is 3. The van der Waals surface area contributed by atoms with Crippen LogP contribution in [0.3, 0.4) is 0 Å². The van der Waals surface area contributed by atoms with E-state index in [1.54, 1.807) is 6.33 Å². The number of hydrogen-bond donors (Lipinski definition) is 1. The Hall–Kier alpha value is -1.93. The van der Waals surface area contributed by atoms with Gasteiger partial charge in [-0.3, -0.25) is 0 Å². The van der Waals surface area contributed by atoms with E-state index in [0.717, 1.165) is 35.5 Å². The molecule has 1 atom stereocenters. The van der Waals surface area contributed by atoms with Gasteiger partial charge in [0, 0.05) is 30.5 Å². The molecule has 1 aromatic heterocycles. The summed E-state index contributed by atoms with van der Waals surface area (Å²) in [4.78, 5) is 9.91. The van der Waals surface area contributed by atoms with Crippen molar-refractivity contribution in [2.24, 2.45) is 5.92 Å². The quantitative estimate of drug-likeness (QED) is 0.711. The van der Waals surface area contributed by atoms with Crippen molar-refractivity contribution in [3.63, 3.8) is 0 Å². The Morgan fingerprint density at radius 1 is 1.20 bits per heavy atom. The second kappa shape index (κ2) is 9.06. The summed E-state index contributed by atoms with van der Waals surface area (Å²) in [5, 5.41) is 0. The van der Waals surface area contributed by atoms with E-state index in [9.17, 15) is 12.8 Å². The van der Waals surface area contributed by atoms with Crippen LogP contribution in [0.5, 0.6) is 0 Å². The van der Waals surface area contributed by atoms with Crippen molar-refractivity contribution in [3.05, 3.63) is 47.5 Å². The first kappa shape index (κ1) is 21.3. The molecule has 30 heavy (non-hydrogen) atoms. The lowest BCUT2D eigenvalue weighted by Gasteiger charge is -2.34. The van der Waals surface area contributed by atoms with Gasteiger partial charge < -0.3 is 9.88 Å². The summed E-state index contributed by atoms with van der Waals surface area (Å²) in [6.07, 6.45) is 8.75. The average molecular weight is 435 g/mol. The van der Waals surface area contributed by atoms with Gasteiger partial charge in [-0.25, -0.2) is 17.8 Å². The molecule has 6 nitrogen and oxygen atoms in total. The van der Waals surface area contributed by atoms with Gasteiger partial charge in [0.1, 0.15) is 0 Å². The van der Waals surface area contributed by atoms with Crippen LogP contribution in [-0.2, 0) is 23.1 Å². The van der Waals surface area contributed by atoms with E-state index in [4.69, 9.17) is 0 Å². The summed E-state index contributed by atoms with van der Waals surface area (Å²) < 4.78 is 39.8. The minimum atomic E-state index is -3.93. The lowest BCUT2D eigenvalue weighted by Crippen LogP contribution is -2.44. The molecule has 2 heterocycles. The number of nitrogens with one attached hydrogen (secondary N) is 1. The minimum Gasteiger partial charge on any atom is -0.361 e. The van der Waals surface area contributed by atoms with Gasteiger partial charge in [-0.1, -0.05) is 43.9 Å². The molecule has 0 saturated heterocycles. The maximum atomic E-state index is 13.4. The zero-order valence-electron chi connectivity index (χ0n) is 17.6. The molecule has 2 aliphatic rings.